The third-order valence-electron chi connectivity index (χ3n) is 6.78. The van der Waals surface area contributed by atoms with Crippen molar-refractivity contribution in [3.63, 3.8) is 0 Å². The van der Waals surface area contributed by atoms with Crippen LogP contribution in [-0.4, -0.2) is 11.9 Å². The molecule has 0 aliphatic rings. The lowest BCUT2D eigenvalue weighted by molar-refractivity contribution is 0.0647. The zero-order chi connectivity index (χ0) is 30.7. The van der Waals surface area contributed by atoms with Gasteiger partial charge in [0.2, 0.25) is 0 Å². The van der Waals surface area contributed by atoms with Crippen molar-refractivity contribution < 1.29 is 19.1 Å². The van der Waals surface area contributed by atoms with Gasteiger partial charge in [-0.2, -0.15) is 0 Å². The van der Waals surface area contributed by atoms with Crippen LogP contribution in [0.3, 0.4) is 0 Å². The predicted molar refractivity (Wildman–Crippen MR) is 171 cm³/mol. The topological polar surface area (TPSA) is 52.6 Å². The predicted octanol–water partition coefficient (Wildman–Crippen LogP) is 10.1. The molecule has 6 heteroatoms. The molecule has 0 amide bonds. The normalized spacial score (nSPS) is 12.4. The molecular weight excluding hydrogens is 567 g/mol. The van der Waals surface area contributed by atoms with Crippen LogP contribution in [0.2, 0.25) is 10.0 Å². The summed E-state index contributed by atoms with van der Waals surface area (Å²) in [6, 6.07) is 28.2. The first kappa shape index (κ1) is 31.1. The van der Waals surface area contributed by atoms with E-state index in [0.29, 0.717) is 32.3 Å². The number of hydrogen-bond acceptors (Lipinski definition) is 4. The molecule has 0 aliphatic carbocycles. The van der Waals surface area contributed by atoms with Gasteiger partial charge in [-0.3, -0.25) is 0 Å². The molecule has 0 aliphatic heterocycles. The van der Waals surface area contributed by atoms with Crippen LogP contribution in [0.1, 0.15) is 84.5 Å². The zero-order valence-electron chi connectivity index (χ0n) is 24.6. The van der Waals surface area contributed by atoms with Gasteiger partial charge in [0.25, 0.3) is 0 Å². The summed E-state index contributed by atoms with van der Waals surface area (Å²) >= 11 is 12.1. The molecule has 0 unspecified atom stereocenters. The third-order valence-corrected chi connectivity index (χ3v) is 7.29. The molecule has 216 valence electrons. The van der Waals surface area contributed by atoms with Crippen molar-refractivity contribution in [2.75, 3.05) is 0 Å². The lowest BCUT2D eigenvalue weighted by atomic mass is 9.86. The molecule has 0 N–H and O–H groups in total. The Bertz CT molecular complexity index is 1460. The van der Waals surface area contributed by atoms with Crippen LogP contribution in [0.5, 0.6) is 0 Å². The van der Waals surface area contributed by atoms with Gasteiger partial charge in [-0.25, -0.2) is 9.59 Å². The minimum atomic E-state index is -0.618. The molecule has 0 saturated heterocycles. The van der Waals surface area contributed by atoms with Crippen molar-refractivity contribution in [3.05, 3.63) is 140 Å². The second-order valence-electron chi connectivity index (χ2n) is 12.1. The Labute approximate surface area is 257 Å². The lowest BCUT2D eigenvalue weighted by Gasteiger charge is -2.21. The molecule has 0 fully saturated rings. The Hall–Kier alpha value is -3.86. The molecule has 4 aromatic rings. The fourth-order valence-electron chi connectivity index (χ4n) is 4.19. The SMILES string of the molecule is CC(C)(C)c1ccc(/C(OC(=O)c2ccc(Cl)cc2)=C(\OC(=O)c2ccc(Cl)cc2)c2ccc(C(C)(C)C)cc2)cc1. The van der Waals surface area contributed by atoms with E-state index in [4.69, 9.17) is 32.7 Å². The van der Waals surface area contributed by atoms with E-state index >= 15 is 0 Å². The van der Waals surface area contributed by atoms with E-state index in [0.717, 1.165) is 11.1 Å². The molecule has 42 heavy (non-hydrogen) atoms. The number of carbonyl (C=O) groups excluding carboxylic acids is 2. The Morgan fingerprint density at radius 1 is 0.452 bits per heavy atom. The number of halogens is 2. The second-order valence-corrected chi connectivity index (χ2v) is 13.0. The molecule has 4 aromatic carbocycles. The highest BCUT2D eigenvalue weighted by atomic mass is 35.5. The summed E-state index contributed by atoms with van der Waals surface area (Å²) in [7, 11) is 0. The van der Waals surface area contributed by atoms with E-state index in [1.54, 1.807) is 48.5 Å². The first-order chi connectivity index (χ1) is 19.7. The summed E-state index contributed by atoms with van der Waals surface area (Å²) in [5.74, 6) is -1.01. The molecular formula is C36H34Cl2O4. The Balaban J connectivity index is 1.90. The number of rotatable bonds is 6. The van der Waals surface area contributed by atoms with Crippen molar-refractivity contribution in [2.24, 2.45) is 0 Å². The smallest absolute Gasteiger partial charge is 0.343 e. The van der Waals surface area contributed by atoms with Crippen molar-refractivity contribution in [2.45, 2.75) is 52.4 Å². The first-order valence-electron chi connectivity index (χ1n) is 13.6. The average molecular weight is 602 g/mol. The summed E-state index contributed by atoms with van der Waals surface area (Å²) in [6.45, 7) is 12.7. The van der Waals surface area contributed by atoms with Crippen molar-refractivity contribution in [1.29, 1.82) is 0 Å². The first-order valence-corrected chi connectivity index (χ1v) is 14.4. The highest BCUT2D eigenvalue weighted by Gasteiger charge is 2.24. The number of hydrogen-bond donors (Lipinski definition) is 0. The summed E-state index contributed by atoms with van der Waals surface area (Å²) in [6.07, 6.45) is 0. The van der Waals surface area contributed by atoms with E-state index in [-0.39, 0.29) is 22.3 Å². The molecule has 4 nitrogen and oxygen atoms in total. The molecule has 0 radical (unpaired) electrons. The van der Waals surface area contributed by atoms with Gasteiger partial charge in [-0.15, -0.1) is 0 Å². The largest absolute Gasteiger partial charge is 0.418 e. The van der Waals surface area contributed by atoms with E-state index in [2.05, 4.69) is 41.5 Å². The van der Waals surface area contributed by atoms with Crippen LogP contribution in [0.15, 0.2) is 97.1 Å². The van der Waals surface area contributed by atoms with E-state index in [1.807, 2.05) is 48.5 Å². The highest BCUT2D eigenvalue weighted by molar-refractivity contribution is 6.31. The van der Waals surface area contributed by atoms with Gasteiger partial charge in [-0.1, -0.05) is 113 Å². The van der Waals surface area contributed by atoms with Gasteiger partial charge in [0.1, 0.15) is 0 Å². The monoisotopic (exact) mass is 600 g/mol. The molecule has 0 spiro atoms. The van der Waals surface area contributed by atoms with Crippen LogP contribution in [0.4, 0.5) is 0 Å². The Morgan fingerprint density at radius 3 is 0.976 bits per heavy atom. The highest BCUT2D eigenvalue weighted by Crippen LogP contribution is 2.34. The molecule has 0 aromatic heterocycles. The van der Waals surface area contributed by atoms with Crippen LogP contribution >= 0.6 is 23.2 Å². The zero-order valence-corrected chi connectivity index (χ0v) is 26.1. The van der Waals surface area contributed by atoms with Gasteiger partial charge in [0.15, 0.2) is 11.5 Å². The molecule has 0 heterocycles. The maximum Gasteiger partial charge on any atom is 0.343 e. The summed E-state index contributed by atoms with van der Waals surface area (Å²) in [4.78, 5) is 26.9. The van der Waals surface area contributed by atoms with Crippen molar-refractivity contribution in [3.8, 4) is 0 Å². The number of benzene rings is 4. The van der Waals surface area contributed by atoms with E-state index in [9.17, 15) is 9.59 Å². The van der Waals surface area contributed by atoms with E-state index < -0.39 is 11.9 Å². The molecule has 0 saturated carbocycles. The van der Waals surface area contributed by atoms with Crippen LogP contribution in [0.25, 0.3) is 11.5 Å². The number of carbonyl (C=O) groups is 2. The maximum absolute atomic E-state index is 13.4. The Kier molecular flexibility index (Phi) is 9.30. The van der Waals surface area contributed by atoms with Crippen molar-refractivity contribution >= 4 is 46.7 Å². The van der Waals surface area contributed by atoms with Crippen molar-refractivity contribution in [1.82, 2.24) is 0 Å². The fourth-order valence-corrected chi connectivity index (χ4v) is 4.44. The number of esters is 2. The summed E-state index contributed by atoms with van der Waals surface area (Å²) < 4.78 is 12.1. The van der Waals surface area contributed by atoms with Crippen LogP contribution < -0.4 is 0 Å². The fraction of sp³-hybridized carbons (Fsp3) is 0.222. The van der Waals surface area contributed by atoms with Gasteiger partial charge < -0.3 is 9.47 Å². The molecule has 0 atom stereocenters. The van der Waals surface area contributed by atoms with E-state index in [1.165, 1.54) is 0 Å². The average Bonchev–Trinajstić information content (AvgIpc) is 2.94. The quantitative estimate of drug-likeness (QED) is 0.125. The minimum absolute atomic E-state index is 0.0882. The van der Waals surface area contributed by atoms with Gasteiger partial charge in [0, 0.05) is 21.2 Å². The van der Waals surface area contributed by atoms with Gasteiger partial charge in [0.05, 0.1) is 11.1 Å². The van der Waals surface area contributed by atoms with Gasteiger partial charge in [-0.05, 0) is 70.5 Å². The van der Waals surface area contributed by atoms with Crippen LogP contribution in [0, 0.1) is 0 Å². The molecule has 0 bridgehead atoms. The molecule has 4 rings (SSSR count). The minimum Gasteiger partial charge on any atom is -0.418 e. The maximum atomic E-state index is 13.4. The number of ether oxygens (including phenoxy) is 2. The summed E-state index contributed by atoms with van der Waals surface area (Å²) in [5.41, 5.74) is 3.77. The standard InChI is InChI=1S/C36H34Cl2O4/c1-35(2,3)27-15-7-23(8-16-27)31(41-33(39)25-11-19-29(37)20-12-25)32(24-9-17-28(18-10-24)36(4,5)6)42-34(40)26-13-21-30(38)22-14-26/h7-22H,1-6H3/b32-31+. The Morgan fingerprint density at radius 2 is 0.714 bits per heavy atom. The summed E-state index contributed by atoms with van der Waals surface area (Å²) in [5, 5.41) is 0.994. The third kappa shape index (κ3) is 7.70. The van der Waals surface area contributed by atoms with Gasteiger partial charge >= 0.3 is 11.9 Å². The lowest BCUT2D eigenvalue weighted by Crippen LogP contribution is -2.13. The second kappa shape index (κ2) is 12.6. The van der Waals surface area contributed by atoms with Crippen LogP contribution in [-0.2, 0) is 20.3 Å².